The van der Waals surface area contributed by atoms with Crippen LogP contribution in [0.15, 0.2) is 46.6 Å². The average Bonchev–Trinajstić information content (AvgIpc) is 3.40. The number of carbonyl (C=O) groups excluding carboxylic acids is 1. The van der Waals surface area contributed by atoms with E-state index in [1.165, 1.54) is 11.3 Å². The topological polar surface area (TPSA) is 68.5 Å². The van der Waals surface area contributed by atoms with E-state index in [4.69, 9.17) is 9.15 Å². The zero-order chi connectivity index (χ0) is 19.6. The van der Waals surface area contributed by atoms with E-state index < -0.39 is 0 Å². The molecule has 1 atom stereocenters. The molecule has 1 amide bonds. The molecule has 3 aromatic rings. The van der Waals surface area contributed by atoms with Gasteiger partial charge in [-0.25, -0.2) is 4.98 Å². The number of benzene rings is 1. The second kappa shape index (κ2) is 7.75. The molecule has 1 fully saturated rings. The molecule has 1 aromatic carbocycles. The van der Waals surface area contributed by atoms with E-state index in [9.17, 15) is 4.79 Å². The summed E-state index contributed by atoms with van der Waals surface area (Å²) in [5.41, 5.74) is 2.51. The lowest BCUT2D eigenvalue weighted by Gasteiger charge is -2.38. The molecule has 4 rings (SSSR count). The first-order chi connectivity index (χ1) is 13.6. The zero-order valence-electron chi connectivity index (χ0n) is 16.1. The Labute approximate surface area is 168 Å². The molecule has 0 unspecified atom stereocenters. The van der Waals surface area contributed by atoms with E-state index in [-0.39, 0.29) is 11.3 Å². The zero-order valence-corrected chi connectivity index (χ0v) is 16.9. The molecular weight excluding hydrogens is 374 g/mol. The van der Waals surface area contributed by atoms with Crippen LogP contribution in [0.3, 0.4) is 0 Å². The number of thiazole rings is 1. The Balaban J connectivity index is 1.49. The molecule has 28 heavy (non-hydrogen) atoms. The number of rotatable bonds is 5. The molecule has 1 saturated heterocycles. The third kappa shape index (κ3) is 3.80. The summed E-state index contributed by atoms with van der Waals surface area (Å²) in [6, 6.07) is 7.94. The summed E-state index contributed by atoms with van der Waals surface area (Å²) in [7, 11) is 1.66. The fourth-order valence-corrected chi connectivity index (χ4v) is 4.30. The standard InChI is InChI=1S/C21H23N3O3S/c1-21(7-4-8-24(13-21)19(25)18-12-22-14-28-18)20-23-11-17(27-20)10-15-5-3-6-16(9-15)26-2/h3,5-6,9,11-12,14H,4,7-8,10,13H2,1-2H3/t21-/m1/s1. The minimum Gasteiger partial charge on any atom is -0.497 e. The predicted molar refractivity (Wildman–Crippen MR) is 107 cm³/mol. The van der Waals surface area contributed by atoms with E-state index in [1.807, 2.05) is 29.2 Å². The van der Waals surface area contributed by atoms with Crippen LogP contribution in [0.5, 0.6) is 5.75 Å². The Kier molecular flexibility index (Phi) is 5.17. The van der Waals surface area contributed by atoms with E-state index in [1.54, 1.807) is 25.0 Å². The normalized spacial score (nSPS) is 19.6. The highest BCUT2D eigenvalue weighted by Crippen LogP contribution is 2.34. The minimum atomic E-state index is -0.286. The number of methoxy groups -OCH3 is 1. The summed E-state index contributed by atoms with van der Waals surface area (Å²) < 4.78 is 11.4. The second-order valence-corrected chi connectivity index (χ2v) is 8.30. The number of hydrogen-bond acceptors (Lipinski definition) is 6. The number of carbonyl (C=O) groups is 1. The van der Waals surface area contributed by atoms with Crippen molar-refractivity contribution >= 4 is 17.2 Å². The average molecular weight is 398 g/mol. The molecule has 6 nitrogen and oxygen atoms in total. The molecule has 0 saturated carbocycles. The first-order valence-corrected chi connectivity index (χ1v) is 10.2. The third-order valence-corrected chi connectivity index (χ3v) is 5.97. The van der Waals surface area contributed by atoms with Gasteiger partial charge < -0.3 is 14.1 Å². The lowest BCUT2D eigenvalue weighted by molar-refractivity contribution is 0.0630. The van der Waals surface area contributed by atoms with Crippen LogP contribution in [0.2, 0.25) is 0 Å². The van der Waals surface area contributed by atoms with E-state index in [2.05, 4.69) is 16.9 Å². The number of oxazole rings is 1. The number of hydrogen-bond donors (Lipinski definition) is 0. The van der Waals surface area contributed by atoms with Crippen molar-refractivity contribution in [3.8, 4) is 5.75 Å². The number of nitrogens with zero attached hydrogens (tertiary/aromatic N) is 3. The Bertz CT molecular complexity index is 953. The van der Waals surface area contributed by atoms with Crippen LogP contribution < -0.4 is 4.74 Å². The monoisotopic (exact) mass is 397 g/mol. The van der Waals surface area contributed by atoms with Crippen molar-refractivity contribution in [3.05, 3.63) is 64.3 Å². The van der Waals surface area contributed by atoms with Crippen molar-refractivity contribution in [2.45, 2.75) is 31.6 Å². The van der Waals surface area contributed by atoms with Gasteiger partial charge in [0.1, 0.15) is 16.4 Å². The van der Waals surface area contributed by atoms with Gasteiger partial charge in [-0.3, -0.25) is 9.78 Å². The van der Waals surface area contributed by atoms with Gasteiger partial charge in [0.05, 0.1) is 30.4 Å². The van der Waals surface area contributed by atoms with Gasteiger partial charge in [-0.2, -0.15) is 0 Å². The first kappa shape index (κ1) is 18.7. The van der Waals surface area contributed by atoms with E-state index in [0.717, 1.165) is 36.5 Å². The van der Waals surface area contributed by atoms with Gasteiger partial charge in [0.25, 0.3) is 5.91 Å². The van der Waals surface area contributed by atoms with Crippen molar-refractivity contribution in [2.24, 2.45) is 0 Å². The second-order valence-electron chi connectivity index (χ2n) is 7.42. The van der Waals surface area contributed by atoms with Crippen LogP contribution in [-0.2, 0) is 11.8 Å². The maximum atomic E-state index is 12.7. The van der Waals surface area contributed by atoms with E-state index in [0.29, 0.717) is 23.7 Å². The van der Waals surface area contributed by atoms with Gasteiger partial charge in [0.2, 0.25) is 5.89 Å². The third-order valence-electron chi connectivity index (χ3n) is 5.21. The highest BCUT2D eigenvalue weighted by Gasteiger charge is 2.38. The van der Waals surface area contributed by atoms with Crippen molar-refractivity contribution in [1.29, 1.82) is 0 Å². The predicted octanol–water partition coefficient (Wildman–Crippen LogP) is 3.92. The first-order valence-electron chi connectivity index (χ1n) is 9.33. The van der Waals surface area contributed by atoms with Crippen molar-refractivity contribution < 1.29 is 13.9 Å². The molecule has 1 aliphatic rings. The SMILES string of the molecule is COc1cccc(Cc2cnc([C@]3(C)CCCN(C(=O)c4cncs4)C3)o2)c1. The number of aromatic nitrogens is 2. The Morgan fingerprint density at radius 2 is 2.29 bits per heavy atom. The minimum absolute atomic E-state index is 0.0385. The smallest absolute Gasteiger partial charge is 0.265 e. The number of ether oxygens (including phenoxy) is 1. The number of piperidine rings is 1. The van der Waals surface area contributed by atoms with Gasteiger partial charge in [-0.05, 0) is 37.5 Å². The molecule has 1 aliphatic heterocycles. The Morgan fingerprint density at radius 3 is 3.07 bits per heavy atom. The lowest BCUT2D eigenvalue weighted by Crippen LogP contribution is -2.47. The molecule has 146 valence electrons. The van der Waals surface area contributed by atoms with Gasteiger partial charge >= 0.3 is 0 Å². The molecular formula is C21H23N3O3S. The maximum absolute atomic E-state index is 12.7. The number of amides is 1. The molecule has 0 aliphatic carbocycles. The Hall–Kier alpha value is -2.67. The van der Waals surface area contributed by atoms with Crippen LogP contribution >= 0.6 is 11.3 Å². The van der Waals surface area contributed by atoms with Gasteiger partial charge in [-0.1, -0.05) is 12.1 Å². The molecule has 3 heterocycles. The molecule has 0 N–H and O–H groups in total. The molecule has 0 bridgehead atoms. The fraction of sp³-hybridized carbons (Fsp3) is 0.381. The summed E-state index contributed by atoms with van der Waals surface area (Å²) in [5.74, 6) is 2.38. The highest BCUT2D eigenvalue weighted by molar-refractivity contribution is 7.11. The van der Waals surface area contributed by atoms with Crippen LogP contribution in [0, 0.1) is 0 Å². The van der Waals surface area contributed by atoms with Crippen molar-refractivity contribution in [1.82, 2.24) is 14.9 Å². The number of likely N-dealkylation sites (tertiary alicyclic amines) is 1. The van der Waals surface area contributed by atoms with Gasteiger partial charge in [0, 0.05) is 19.5 Å². The summed E-state index contributed by atoms with van der Waals surface area (Å²) >= 11 is 1.38. The lowest BCUT2D eigenvalue weighted by atomic mass is 9.81. The summed E-state index contributed by atoms with van der Waals surface area (Å²) in [6.07, 6.45) is 5.96. The quantitative estimate of drug-likeness (QED) is 0.653. The van der Waals surface area contributed by atoms with Gasteiger partial charge in [0.15, 0.2) is 0 Å². The maximum Gasteiger partial charge on any atom is 0.265 e. The van der Waals surface area contributed by atoms with Crippen LogP contribution in [-0.4, -0.2) is 41.0 Å². The largest absolute Gasteiger partial charge is 0.497 e. The summed E-state index contributed by atoms with van der Waals surface area (Å²) in [4.78, 5) is 23.9. The highest BCUT2D eigenvalue weighted by atomic mass is 32.1. The molecule has 2 aromatic heterocycles. The van der Waals surface area contributed by atoms with Crippen molar-refractivity contribution in [2.75, 3.05) is 20.2 Å². The molecule has 7 heteroatoms. The Morgan fingerprint density at radius 1 is 1.39 bits per heavy atom. The van der Waals surface area contributed by atoms with Crippen LogP contribution in [0.25, 0.3) is 0 Å². The molecule has 0 radical (unpaired) electrons. The van der Waals surface area contributed by atoms with Crippen molar-refractivity contribution in [3.63, 3.8) is 0 Å². The van der Waals surface area contributed by atoms with Gasteiger partial charge in [-0.15, -0.1) is 11.3 Å². The molecule has 0 spiro atoms. The van der Waals surface area contributed by atoms with Crippen LogP contribution in [0.4, 0.5) is 0 Å². The van der Waals surface area contributed by atoms with Crippen LogP contribution in [0.1, 0.15) is 46.7 Å². The van der Waals surface area contributed by atoms with E-state index >= 15 is 0 Å². The fourth-order valence-electron chi connectivity index (χ4n) is 3.72. The summed E-state index contributed by atoms with van der Waals surface area (Å²) in [5, 5.41) is 0. The summed E-state index contributed by atoms with van der Waals surface area (Å²) in [6.45, 7) is 3.48.